The van der Waals surface area contributed by atoms with E-state index in [1.165, 1.54) is 0 Å². The Bertz CT molecular complexity index is 397. The summed E-state index contributed by atoms with van der Waals surface area (Å²) in [5, 5.41) is 6.04. The molecule has 0 aromatic carbocycles. The molecule has 1 aromatic rings. The zero-order chi connectivity index (χ0) is 13.9. The first-order chi connectivity index (χ1) is 8.99. The highest BCUT2D eigenvalue weighted by Gasteiger charge is 2.40. The van der Waals surface area contributed by atoms with Gasteiger partial charge in [-0.1, -0.05) is 0 Å². The van der Waals surface area contributed by atoms with Gasteiger partial charge in [-0.15, -0.1) is 11.3 Å². The molecule has 2 heterocycles. The van der Waals surface area contributed by atoms with Gasteiger partial charge >= 0.3 is 6.18 Å². The molecule has 1 fully saturated rings. The molecular formula is C12H18F3N3S. The third-order valence-corrected chi connectivity index (χ3v) is 4.26. The second kappa shape index (κ2) is 6.19. The van der Waals surface area contributed by atoms with E-state index in [2.05, 4.69) is 15.2 Å². The average Bonchev–Trinajstić information content (AvgIpc) is 2.77. The van der Waals surface area contributed by atoms with Crippen molar-refractivity contribution in [2.45, 2.75) is 32.1 Å². The minimum atomic E-state index is -4.04. The fourth-order valence-corrected chi connectivity index (χ4v) is 3.10. The van der Waals surface area contributed by atoms with Gasteiger partial charge in [-0.2, -0.15) is 13.2 Å². The van der Waals surface area contributed by atoms with Crippen molar-refractivity contribution in [2.24, 2.45) is 5.92 Å². The van der Waals surface area contributed by atoms with E-state index in [9.17, 15) is 13.2 Å². The lowest BCUT2D eigenvalue weighted by Crippen LogP contribution is -2.38. The molecule has 0 atom stereocenters. The topological polar surface area (TPSA) is 28.2 Å². The summed E-state index contributed by atoms with van der Waals surface area (Å²) in [5.41, 5.74) is 0.959. The van der Waals surface area contributed by atoms with E-state index < -0.39 is 12.1 Å². The number of rotatable bonds is 4. The van der Waals surface area contributed by atoms with Gasteiger partial charge in [0.1, 0.15) is 5.01 Å². The van der Waals surface area contributed by atoms with Crippen LogP contribution in [0.2, 0.25) is 0 Å². The molecule has 1 N–H and O–H groups in total. The first-order valence-electron chi connectivity index (χ1n) is 6.36. The van der Waals surface area contributed by atoms with E-state index in [1.807, 2.05) is 12.4 Å². The summed E-state index contributed by atoms with van der Waals surface area (Å²) < 4.78 is 37.6. The molecule has 0 saturated carbocycles. The average molecular weight is 293 g/mol. The summed E-state index contributed by atoms with van der Waals surface area (Å²) in [6.07, 6.45) is -3.62. The van der Waals surface area contributed by atoms with E-state index in [0.717, 1.165) is 17.2 Å². The van der Waals surface area contributed by atoms with Crippen molar-refractivity contribution in [2.75, 3.05) is 20.1 Å². The van der Waals surface area contributed by atoms with Crippen LogP contribution in [0.5, 0.6) is 0 Å². The van der Waals surface area contributed by atoms with Gasteiger partial charge in [0.15, 0.2) is 0 Å². The Morgan fingerprint density at radius 2 is 2.11 bits per heavy atom. The van der Waals surface area contributed by atoms with Gasteiger partial charge in [0.05, 0.1) is 11.6 Å². The highest BCUT2D eigenvalue weighted by Crippen LogP contribution is 2.34. The molecule has 2 rings (SSSR count). The number of hydrogen-bond acceptors (Lipinski definition) is 4. The predicted molar refractivity (Wildman–Crippen MR) is 68.9 cm³/mol. The quantitative estimate of drug-likeness (QED) is 0.925. The van der Waals surface area contributed by atoms with Crippen molar-refractivity contribution >= 4 is 11.3 Å². The number of piperidine rings is 1. The van der Waals surface area contributed by atoms with Crippen molar-refractivity contribution in [3.8, 4) is 0 Å². The van der Waals surface area contributed by atoms with Crippen molar-refractivity contribution < 1.29 is 13.2 Å². The number of aromatic nitrogens is 1. The van der Waals surface area contributed by atoms with Crippen molar-refractivity contribution in [1.82, 2.24) is 15.2 Å². The van der Waals surface area contributed by atoms with Gasteiger partial charge in [0.25, 0.3) is 0 Å². The maximum absolute atomic E-state index is 12.5. The maximum Gasteiger partial charge on any atom is 0.391 e. The fraction of sp³-hybridized carbons (Fsp3) is 0.750. The van der Waals surface area contributed by atoms with E-state index in [1.54, 1.807) is 11.3 Å². The largest absolute Gasteiger partial charge is 0.391 e. The maximum atomic E-state index is 12.5. The van der Waals surface area contributed by atoms with Crippen LogP contribution in [0, 0.1) is 5.92 Å². The number of likely N-dealkylation sites (tertiary alicyclic amines) is 1. The fourth-order valence-electron chi connectivity index (χ4n) is 2.30. The Hall–Kier alpha value is -0.660. The summed E-state index contributed by atoms with van der Waals surface area (Å²) in [4.78, 5) is 6.51. The third-order valence-electron chi connectivity index (χ3n) is 3.36. The van der Waals surface area contributed by atoms with Crippen LogP contribution in [-0.4, -0.2) is 36.2 Å². The molecular weight excluding hydrogens is 275 g/mol. The minimum absolute atomic E-state index is 0.205. The lowest BCUT2D eigenvalue weighted by molar-refractivity contribution is -0.185. The zero-order valence-corrected chi connectivity index (χ0v) is 11.7. The first-order valence-corrected chi connectivity index (χ1v) is 7.24. The molecule has 0 unspecified atom stereocenters. The van der Waals surface area contributed by atoms with Gasteiger partial charge in [0, 0.05) is 18.5 Å². The van der Waals surface area contributed by atoms with Crippen LogP contribution in [0.4, 0.5) is 13.2 Å². The molecule has 1 aliphatic heterocycles. The summed E-state index contributed by atoms with van der Waals surface area (Å²) in [5.74, 6) is -1.13. The van der Waals surface area contributed by atoms with E-state index in [-0.39, 0.29) is 12.8 Å². The number of hydrogen-bond donors (Lipinski definition) is 1. The number of nitrogens with zero attached hydrogens (tertiary/aromatic N) is 2. The minimum Gasteiger partial charge on any atom is -0.314 e. The van der Waals surface area contributed by atoms with Crippen LogP contribution < -0.4 is 5.32 Å². The molecule has 108 valence electrons. The highest BCUT2D eigenvalue weighted by molar-refractivity contribution is 7.09. The standard InChI is InChI=1S/C12H18F3N3S/c1-16-6-11-17-10(8-19-11)7-18-4-2-9(3-5-18)12(13,14)15/h8-9,16H,2-7H2,1H3. The molecule has 1 saturated heterocycles. The highest BCUT2D eigenvalue weighted by atomic mass is 32.1. The van der Waals surface area contributed by atoms with Crippen LogP contribution in [-0.2, 0) is 13.1 Å². The lowest BCUT2D eigenvalue weighted by Gasteiger charge is -2.32. The monoisotopic (exact) mass is 293 g/mol. The van der Waals surface area contributed by atoms with Crippen LogP contribution in [0.15, 0.2) is 5.38 Å². The number of thiazole rings is 1. The number of nitrogens with one attached hydrogen (secondary N) is 1. The van der Waals surface area contributed by atoms with Crippen LogP contribution in [0.3, 0.4) is 0 Å². The molecule has 0 spiro atoms. The Balaban J connectivity index is 1.82. The Morgan fingerprint density at radius 3 is 2.68 bits per heavy atom. The summed E-state index contributed by atoms with van der Waals surface area (Å²) in [7, 11) is 1.86. The van der Waals surface area contributed by atoms with Crippen molar-refractivity contribution in [3.05, 3.63) is 16.1 Å². The third kappa shape index (κ3) is 4.15. The van der Waals surface area contributed by atoms with Gasteiger partial charge in [-0.05, 0) is 33.0 Å². The Kier molecular flexibility index (Phi) is 4.81. The summed E-state index contributed by atoms with van der Waals surface area (Å²) in [6.45, 7) is 2.40. The van der Waals surface area contributed by atoms with E-state index in [0.29, 0.717) is 19.6 Å². The SMILES string of the molecule is CNCc1nc(CN2CCC(C(F)(F)F)CC2)cs1. The normalized spacial score (nSPS) is 18.9. The number of alkyl halides is 3. The smallest absolute Gasteiger partial charge is 0.314 e. The first kappa shape index (κ1) is 14.7. The Morgan fingerprint density at radius 1 is 1.42 bits per heavy atom. The van der Waals surface area contributed by atoms with E-state index in [4.69, 9.17) is 0 Å². The summed E-state index contributed by atoms with van der Waals surface area (Å²) in [6, 6.07) is 0. The molecule has 1 aromatic heterocycles. The molecule has 0 radical (unpaired) electrons. The second-order valence-electron chi connectivity index (χ2n) is 4.85. The number of halogens is 3. The van der Waals surface area contributed by atoms with E-state index >= 15 is 0 Å². The predicted octanol–water partition coefficient (Wildman–Crippen LogP) is 2.64. The molecule has 7 heteroatoms. The van der Waals surface area contributed by atoms with Gasteiger partial charge in [0.2, 0.25) is 0 Å². The Labute approximate surface area is 114 Å². The van der Waals surface area contributed by atoms with Gasteiger partial charge < -0.3 is 5.32 Å². The van der Waals surface area contributed by atoms with Crippen LogP contribution in [0.1, 0.15) is 23.5 Å². The van der Waals surface area contributed by atoms with Gasteiger partial charge in [-0.25, -0.2) is 4.98 Å². The molecule has 3 nitrogen and oxygen atoms in total. The zero-order valence-electron chi connectivity index (χ0n) is 10.8. The molecule has 19 heavy (non-hydrogen) atoms. The van der Waals surface area contributed by atoms with Crippen LogP contribution in [0.25, 0.3) is 0 Å². The second-order valence-corrected chi connectivity index (χ2v) is 5.80. The molecule has 1 aliphatic rings. The molecule has 0 aliphatic carbocycles. The molecule has 0 bridgehead atoms. The lowest BCUT2D eigenvalue weighted by atomic mass is 9.96. The van der Waals surface area contributed by atoms with Gasteiger partial charge in [-0.3, -0.25) is 4.90 Å². The van der Waals surface area contributed by atoms with Crippen molar-refractivity contribution in [3.63, 3.8) is 0 Å². The molecule has 0 amide bonds. The van der Waals surface area contributed by atoms with Crippen molar-refractivity contribution in [1.29, 1.82) is 0 Å². The van der Waals surface area contributed by atoms with Crippen LogP contribution >= 0.6 is 11.3 Å². The summed E-state index contributed by atoms with van der Waals surface area (Å²) >= 11 is 1.59.